The average Bonchev–Trinajstić information content (AvgIpc) is 2.41. The molecule has 1 aliphatic heterocycles. The van der Waals surface area contributed by atoms with E-state index >= 15 is 0 Å². The van der Waals surface area contributed by atoms with Gasteiger partial charge in [0, 0.05) is 36.7 Å². The van der Waals surface area contributed by atoms with Crippen LogP contribution in [0.2, 0.25) is 5.02 Å². The second kappa shape index (κ2) is 7.13. The van der Waals surface area contributed by atoms with E-state index in [0.717, 1.165) is 24.7 Å². The fourth-order valence-corrected chi connectivity index (χ4v) is 3.40. The number of nitrogens with zero attached hydrogens (tertiary/aromatic N) is 1. The molecule has 118 valence electrons. The summed E-state index contributed by atoms with van der Waals surface area (Å²) >= 11 is 6.00. The maximum absolute atomic E-state index is 6.00. The van der Waals surface area contributed by atoms with Crippen molar-refractivity contribution in [3.05, 3.63) is 34.9 Å². The number of piperazine rings is 1. The van der Waals surface area contributed by atoms with Crippen molar-refractivity contribution in [2.45, 2.75) is 59.2 Å². The summed E-state index contributed by atoms with van der Waals surface area (Å²) in [5.41, 5.74) is 1.64. The Labute approximate surface area is 134 Å². The third-order valence-electron chi connectivity index (χ3n) is 4.43. The summed E-state index contributed by atoms with van der Waals surface area (Å²) in [5.74, 6) is 0. The zero-order chi connectivity index (χ0) is 15.5. The van der Waals surface area contributed by atoms with Gasteiger partial charge in [0.2, 0.25) is 0 Å². The molecular weight excluding hydrogens is 280 g/mol. The molecule has 3 heteroatoms. The molecule has 1 saturated heterocycles. The predicted octanol–water partition coefficient (Wildman–Crippen LogP) is 4.33. The summed E-state index contributed by atoms with van der Waals surface area (Å²) < 4.78 is 0. The highest BCUT2D eigenvalue weighted by molar-refractivity contribution is 6.30. The van der Waals surface area contributed by atoms with Crippen LogP contribution in [0.1, 0.15) is 46.1 Å². The second-order valence-electron chi connectivity index (χ2n) is 7.33. The van der Waals surface area contributed by atoms with Gasteiger partial charge in [0.1, 0.15) is 0 Å². The highest BCUT2D eigenvalue weighted by Crippen LogP contribution is 2.28. The lowest BCUT2D eigenvalue weighted by Crippen LogP contribution is -2.60. The molecule has 1 aromatic rings. The van der Waals surface area contributed by atoms with E-state index in [4.69, 9.17) is 11.6 Å². The molecule has 1 heterocycles. The number of nitrogens with one attached hydrogen (secondary N) is 1. The molecule has 0 spiro atoms. The first-order chi connectivity index (χ1) is 9.90. The molecule has 2 unspecified atom stereocenters. The molecule has 2 rings (SSSR count). The highest BCUT2D eigenvalue weighted by atomic mass is 35.5. The Morgan fingerprint density at radius 1 is 1.24 bits per heavy atom. The van der Waals surface area contributed by atoms with E-state index in [-0.39, 0.29) is 5.41 Å². The van der Waals surface area contributed by atoms with E-state index in [2.05, 4.69) is 50.0 Å². The van der Waals surface area contributed by atoms with Crippen molar-refractivity contribution in [3.8, 4) is 0 Å². The van der Waals surface area contributed by atoms with Crippen molar-refractivity contribution in [1.82, 2.24) is 10.2 Å². The average molecular weight is 309 g/mol. The summed E-state index contributed by atoms with van der Waals surface area (Å²) in [6, 6.07) is 9.49. The molecule has 2 nitrogen and oxygen atoms in total. The van der Waals surface area contributed by atoms with Crippen molar-refractivity contribution in [2.75, 3.05) is 13.1 Å². The SMILES string of the molecule is CCCC1CN(Cc2ccc(Cl)cc2)C(C(C)(C)C)CN1. The molecule has 1 fully saturated rings. The zero-order valence-corrected chi connectivity index (χ0v) is 14.6. The molecule has 0 aromatic heterocycles. The van der Waals surface area contributed by atoms with Crippen LogP contribution < -0.4 is 5.32 Å². The molecule has 1 N–H and O–H groups in total. The molecule has 2 atom stereocenters. The lowest BCUT2D eigenvalue weighted by molar-refractivity contribution is 0.0474. The van der Waals surface area contributed by atoms with Gasteiger partial charge in [-0.1, -0.05) is 57.8 Å². The maximum atomic E-state index is 6.00. The molecule has 0 radical (unpaired) electrons. The third-order valence-corrected chi connectivity index (χ3v) is 4.68. The maximum Gasteiger partial charge on any atom is 0.0406 e. The van der Waals surface area contributed by atoms with Crippen LogP contribution in [0.25, 0.3) is 0 Å². The van der Waals surface area contributed by atoms with E-state index in [0.29, 0.717) is 12.1 Å². The molecule has 0 aliphatic carbocycles. The summed E-state index contributed by atoms with van der Waals surface area (Å²) in [7, 11) is 0. The largest absolute Gasteiger partial charge is 0.311 e. The monoisotopic (exact) mass is 308 g/mol. The van der Waals surface area contributed by atoms with E-state index in [1.165, 1.54) is 18.4 Å². The van der Waals surface area contributed by atoms with Crippen LogP contribution in [-0.2, 0) is 6.54 Å². The Morgan fingerprint density at radius 2 is 1.90 bits per heavy atom. The van der Waals surface area contributed by atoms with Crippen LogP contribution >= 0.6 is 11.6 Å². The first-order valence-corrected chi connectivity index (χ1v) is 8.50. The van der Waals surface area contributed by atoms with Gasteiger partial charge in [-0.2, -0.15) is 0 Å². The van der Waals surface area contributed by atoms with Gasteiger partial charge in [-0.15, -0.1) is 0 Å². The van der Waals surface area contributed by atoms with Crippen molar-refractivity contribution in [2.24, 2.45) is 5.41 Å². The number of hydrogen-bond donors (Lipinski definition) is 1. The predicted molar refractivity (Wildman–Crippen MR) is 91.8 cm³/mol. The Balaban J connectivity index is 2.10. The second-order valence-corrected chi connectivity index (χ2v) is 7.77. The van der Waals surface area contributed by atoms with E-state index in [9.17, 15) is 0 Å². The van der Waals surface area contributed by atoms with Crippen LogP contribution in [-0.4, -0.2) is 30.1 Å². The Morgan fingerprint density at radius 3 is 2.48 bits per heavy atom. The van der Waals surface area contributed by atoms with E-state index in [1.807, 2.05) is 12.1 Å². The first-order valence-electron chi connectivity index (χ1n) is 8.12. The highest BCUT2D eigenvalue weighted by Gasteiger charge is 2.35. The van der Waals surface area contributed by atoms with Crippen LogP contribution in [0.5, 0.6) is 0 Å². The molecule has 0 bridgehead atoms. The minimum Gasteiger partial charge on any atom is -0.311 e. The minimum atomic E-state index is 0.288. The molecule has 0 saturated carbocycles. The first kappa shape index (κ1) is 16.8. The number of benzene rings is 1. The molecule has 1 aliphatic rings. The Bertz CT molecular complexity index is 436. The van der Waals surface area contributed by atoms with Gasteiger partial charge < -0.3 is 5.32 Å². The Hall–Kier alpha value is -0.570. The van der Waals surface area contributed by atoms with E-state index < -0.39 is 0 Å². The fourth-order valence-electron chi connectivity index (χ4n) is 3.28. The van der Waals surface area contributed by atoms with Gasteiger partial charge in [0.15, 0.2) is 0 Å². The van der Waals surface area contributed by atoms with Gasteiger partial charge in [-0.25, -0.2) is 0 Å². The smallest absolute Gasteiger partial charge is 0.0406 e. The van der Waals surface area contributed by atoms with E-state index in [1.54, 1.807) is 0 Å². The van der Waals surface area contributed by atoms with Crippen molar-refractivity contribution in [3.63, 3.8) is 0 Å². The van der Waals surface area contributed by atoms with Gasteiger partial charge in [0.05, 0.1) is 0 Å². The van der Waals surface area contributed by atoms with Gasteiger partial charge in [-0.05, 0) is 29.5 Å². The lowest BCUT2D eigenvalue weighted by Gasteiger charge is -2.46. The quantitative estimate of drug-likeness (QED) is 0.890. The van der Waals surface area contributed by atoms with Crippen LogP contribution in [0.3, 0.4) is 0 Å². The summed E-state index contributed by atoms with van der Waals surface area (Å²) in [6.45, 7) is 12.5. The van der Waals surface area contributed by atoms with Crippen molar-refractivity contribution < 1.29 is 0 Å². The van der Waals surface area contributed by atoms with Gasteiger partial charge >= 0.3 is 0 Å². The number of rotatable bonds is 4. The standard InChI is InChI=1S/C18H29ClN2/c1-5-6-16-13-21(17(11-20-16)18(2,3)4)12-14-7-9-15(19)10-8-14/h7-10,16-17,20H,5-6,11-13H2,1-4H3. The normalized spacial score (nSPS) is 24.2. The van der Waals surface area contributed by atoms with Crippen LogP contribution in [0.15, 0.2) is 24.3 Å². The topological polar surface area (TPSA) is 15.3 Å². The molecule has 21 heavy (non-hydrogen) atoms. The lowest BCUT2D eigenvalue weighted by atomic mass is 9.83. The van der Waals surface area contributed by atoms with Gasteiger partial charge in [-0.3, -0.25) is 4.90 Å². The van der Waals surface area contributed by atoms with Crippen molar-refractivity contribution >= 4 is 11.6 Å². The zero-order valence-electron chi connectivity index (χ0n) is 13.8. The third kappa shape index (κ3) is 4.70. The molecule has 0 amide bonds. The van der Waals surface area contributed by atoms with Crippen LogP contribution in [0.4, 0.5) is 0 Å². The minimum absolute atomic E-state index is 0.288. The summed E-state index contributed by atoms with van der Waals surface area (Å²) in [4.78, 5) is 2.65. The van der Waals surface area contributed by atoms with Gasteiger partial charge in [0.25, 0.3) is 0 Å². The summed E-state index contributed by atoms with van der Waals surface area (Å²) in [6.07, 6.45) is 2.50. The van der Waals surface area contributed by atoms with Crippen LogP contribution in [0, 0.1) is 5.41 Å². The number of hydrogen-bond acceptors (Lipinski definition) is 2. The Kier molecular flexibility index (Phi) is 5.70. The molecule has 1 aromatic carbocycles. The number of halogens is 1. The molecular formula is C18H29ClN2. The van der Waals surface area contributed by atoms with Crippen molar-refractivity contribution in [1.29, 1.82) is 0 Å². The summed E-state index contributed by atoms with van der Waals surface area (Å²) in [5, 5.41) is 4.55. The fraction of sp³-hybridized carbons (Fsp3) is 0.667.